The van der Waals surface area contributed by atoms with E-state index >= 15 is 0 Å². The number of carboxylic acid groups (broad SMARTS) is 1. The molecule has 10 heteroatoms. The number of anilines is 1. The van der Waals surface area contributed by atoms with E-state index in [9.17, 15) is 20.0 Å². The number of nitrogens with zero attached hydrogens (tertiary/aromatic N) is 3. The minimum Gasteiger partial charge on any atom is -0.465 e. The fourth-order valence-electron chi connectivity index (χ4n) is 2.94. The smallest absolute Gasteiger partial charge is 0.412 e. The fourth-order valence-corrected chi connectivity index (χ4v) is 4.31. The van der Waals surface area contributed by atoms with Crippen LogP contribution in [0.2, 0.25) is 18.1 Å². The summed E-state index contributed by atoms with van der Waals surface area (Å²) in [6.07, 6.45) is 1.53. The minimum atomic E-state index is -2.02. The second kappa shape index (κ2) is 7.91. The van der Waals surface area contributed by atoms with Crippen molar-refractivity contribution in [2.24, 2.45) is 0 Å². The molecule has 1 saturated heterocycles. The number of nitro groups is 1. The lowest BCUT2D eigenvalue weighted by atomic mass is 10.0. The Hall–Kier alpha value is -2.04. The molecular formula is C17H28N4O5Si. The highest BCUT2D eigenvalue weighted by Gasteiger charge is 2.41. The van der Waals surface area contributed by atoms with Gasteiger partial charge in [0.1, 0.15) is 11.9 Å². The molecule has 0 aliphatic carbocycles. The van der Waals surface area contributed by atoms with Crippen molar-refractivity contribution in [2.45, 2.75) is 57.5 Å². The van der Waals surface area contributed by atoms with Crippen molar-refractivity contribution < 1.29 is 19.3 Å². The first-order valence-corrected chi connectivity index (χ1v) is 11.8. The summed E-state index contributed by atoms with van der Waals surface area (Å²) < 4.78 is 6.43. The predicted molar refractivity (Wildman–Crippen MR) is 105 cm³/mol. The van der Waals surface area contributed by atoms with Crippen LogP contribution in [0.4, 0.5) is 16.2 Å². The van der Waals surface area contributed by atoms with Gasteiger partial charge in [0.2, 0.25) is 0 Å². The largest absolute Gasteiger partial charge is 0.465 e. The van der Waals surface area contributed by atoms with Gasteiger partial charge in [0.15, 0.2) is 8.32 Å². The molecule has 1 aliphatic heterocycles. The molecule has 1 aromatic rings. The molecule has 0 aromatic carbocycles. The molecule has 0 spiro atoms. The summed E-state index contributed by atoms with van der Waals surface area (Å²) in [6, 6.07) is 0.900. The lowest BCUT2D eigenvalue weighted by molar-refractivity contribution is -0.384. The van der Waals surface area contributed by atoms with Crippen molar-refractivity contribution in [1.82, 2.24) is 10.3 Å². The predicted octanol–water partition coefficient (Wildman–Crippen LogP) is 3.23. The van der Waals surface area contributed by atoms with Gasteiger partial charge >= 0.3 is 11.8 Å². The normalized spacial score (nSPS) is 20.9. The fraction of sp³-hybridized carbons (Fsp3) is 0.647. The van der Waals surface area contributed by atoms with Crippen LogP contribution in [0.1, 0.15) is 27.2 Å². The van der Waals surface area contributed by atoms with Crippen LogP contribution < -0.4 is 10.2 Å². The third-order valence-electron chi connectivity index (χ3n) is 5.36. The number of nitrogens with one attached hydrogen (secondary N) is 1. The molecule has 150 valence electrons. The van der Waals surface area contributed by atoms with Gasteiger partial charge in [0.25, 0.3) is 0 Å². The SMILES string of the molecule is CC(C)(C)[Si](C)(C)O[C@H]1CNC[C@@H](N(C(=O)O)c2ccncc2[N+](=O)[O-])C1. The lowest BCUT2D eigenvalue weighted by Crippen LogP contribution is -2.56. The van der Waals surface area contributed by atoms with Crippen LogP contribution in [0.25, 0.3) is 0 Å². The highest BCUT2D eigenvalue weighted by Crippen LogP contribution is 2.38. The number of piperidine rings is 1. The van der Waals surface area contributed by atoms with Crippen molar-refractivity contribution >= 4 is 25.8 Å². The molecule has 0 radical (unpaired) electrons. The molecule has 1 aliphatic rings. The zero-order valence-electron chi connectivity index (χ0n) is 16.4. The number of pyridine rings is 1. The minimum absolute atomic E-state index is 0.0299. The van der Waals surface area contributed by atoms with Gasteiger partial charge in [0.05, 0.1) is 17.1 Å². The third-order valence-corrected chi connectivity index (χ3v) is 9.89. The van der Waals surface area contributed by atoms with Crippen molar-refractivity contribution in [3.8, 4) is 0 Å². The Morgan fingerprint density at radius 2 is 2.11 bits per heavy atom. The molecule has 2 N–H and O–H groups in total. The molecule has 0 unspecified atom stereocenters. The first-order chi connectivity index (χ1) is 12.4. The van der Waals surface area contributed by atoms with Crippen molar-refractivity contribution in [1.29, 1.82) is 0 Å². The Kier molecular flexibility index (Phi) is 6.23. The number of aromatic nitrogens is 1. The lowest BCUT2D eigenvalue weighted by Gasteiger charge is -2.43. The van der Waals surface area contributed by atoms with Gasteiger partial charge in [-0.1, -0.05) is 20.8 Å². The van der Waals surface area contributed by atoms with Crippen LogP contribution in [0.3, 0.4) is 0 Å². The van der Waals surface area contributed by atoms with Crippen LogP contribution in [0.15, 0.2) is 18.5 Å². The number of amides is 1. The van der Waals surface area contributed by atoms with E-state index in [0.29, 0.717) is 19.5 Å². The van der Waals surface area contributed by atoms with Crippen LogP contribution in [-0.2, 0) is 4.43 Å². The highest BCUT2D eigenvalue weighted by molar-refractivity contribution is 6.74. The maximum absolute atomic E-state index is 11.9. The average Bonchev–Trinajstić information content (AvgIpc) is 2.54. The number of carbonyl (C=O) groups is 1. The third kappa shape index (κ3) is 4.82. The van der Waals surface area contributed by atoms with Crippen LogP contribution >= 0.6 is 0 Å². The maximum Gasteiger partial charge on any atom is 0.412 e. The van der Waals surface area contributed by atoms with Crippen molar-refractivity contribution in [2.75, 3.05) is 18.0 Å². The van der Waals surface area contributed by atoms with E-state index in [1.807, 2.05) is 0 Å². The number of hydrogen-bond donors (Lipinski definition) is 2. The summed E-state index contributed by atoms with van der Waals surface area (Å²) in [5.74, 6) is 0. The second-order valence-corrected chi connectivity index (χ2v) is 13.1. The van der Waals surface area contributed by atoms with E-state index in [4.69, 9.17) is 4.43 Å². The molecule has 27 heavy (non-hydrogen) atoms. The zero-order valence-corrected chi connectivity index (χ0v) is 17.4. The van der Waals surface area contributed by atoms with Gasteiger partial charge in [-0.05, 0) is 30.6 Å². The number of hydrogen-bond acceptors (Lipinski definition) is 6. The summed E-state index contributed by atoms with van der Waals surface area (Å²) in [6.45, 7) is 11.8. The molecule has 9 nitrogen and oxygen atoms in total. The molecule has 2 rings (SSSR count). The van der Waals surface area contributed by atoms with Crippen LogP contribution in [-0.4, -0.2) is 54.7 Å². The molecule has 2 atom stereocenters. The highest BCUT2D eigenvalue weighted by atomic mass is 28.4. The van der Waals surface area contributed by atoms with E-state index in [-0.39, 0.29) is 22.5 Å². The number of rotatable bonds is 5. The van der Waals surface area contributed by atoms with E-state index < -0.39 is 25.4 Å². The Morgan fingerprint density at radius 3 is 2.67 bits per heavy atom. The average molecular weight is 397 g/mol. The van der Waals surface area contributed by atoms with E-state index in [1.165, 1.54) is 12.3 Å². The Bertz CT molecular complexity index is 707. The standard InChI is InChI=1S/C17H28N4O5Si/c1-17(2,3)27(4,5)26-13-8-12(9-19-10-13)20(16(22)23)14-6-7-18-11-15(14)21(24)25/h6-7,11-13,19H,8-10H2,1-5H3,(H,22,23)/t12-,13+/m0/s1. The summed E-state index contributed by atoms with van der Waals surface area (Å²) in [7, 11) is -2.02. The zero-order chi connectivity index (χ0) is 20.4. The van der Waals surface area contributed by atoms with Gasteiger partial charge < -0.3 is 14.8 Å². The molecule has 1 aromatic heterocycles. The van der Waals surface area contributed by atoms with Gasteiger partial charge in [-0.2, -0.15) is 0 Å². The topological polar surface area (TPSA) is 118 Å². The van der Waals surface area contributed by atoms with Crippen LogP contribution in [0, 0.1) is 10.1 Å². The summed E-state index contributed by atoms with van der Waals surface area (Å²) in [5, 5.41) is 24.3. The summed E-state index contributed by atoms with van der Waals surface area (Å²) in [5.41, 5.74) is -0.297. The molecular weight excluding hydrogens is 368 g/mol. The molecule has 2 heterocycles. The van der Waals surface area contributed by atoms with Gasteiger partial charge in [-0.25, -0.2) is 4.79 Å². The van der Waals surface area contributed by atoms with Crippen LogP contribution in [0.5, 0.6) is 0 Å². The Morgan fingerprint density at radius 1 is 1.44 bits per heavy atom. The quantitative estimate of drug-likeness (QED) is 0.445. The van der Waals surface area contributed by atoms with E-state index in [2.05, 4.69) is 44.2 Å². The van der Waals surface area contributed by atoms with Crippen molar-refractivity contribution in [3.63, 3.8) is 0 Å². The molecule has 0 saturated carbocycles. The first-order valence-electron chi connectivity index (χ1n) is 8.93. The van der Waals surface area contributed by atoms with E-state index in [1.54, 1.807) is 0 Å². The molecule has 1 fully saturated rings. The van der Waals surface area contributed by atoms with Crippen molar-refractivity contribution in [3.05, 3.63) is 28.6 Å². The second-order valence-electron chi connectivity index (χ2n) is 8.32. The maximum atomic E-state index is 11.9. The summed E-state index contributed by atoms with van der Waals surface area (Å²) in [4.78, 5) is 27.5. The summed E-state index contributed by atoms with van der Waals surface area (Å²) >= 11 is 0. The first kappa shape index (κ1) is 21.3. The van der Waals surface area contributed by atoms with E-state index in [0.717, 1.165) is 11.1 Å². The van der Waals surface area contributed by atoms with Gasteiger partial charge in [0, 0.05) is 19.3 Å². The Labute approximate surface area is 160 Å². The monoisotopic (exact) mass is 396 g/mol. The molecule has 0 bridgehead atoms. The van der Waals surface area contributed by atoms with Gasteiger partial charge in [-0.15, -0.1) is 0 Å². The van der Waals surface area contributed by atoms with Gasteiger partial charge in [-0.3, -0.25) is 20.0 Å². The Balaban J connectivity index is 2.27. The molecule has 1 amide bonds.